The number of methoxy groups -OCH3 is 1. The monoisotopic (exact) mass is 505 g/mol. The molecule has 5 atom stereocenters. The first-order valence-electron chi connectivity index (χ1n) is 11.1. The van der Waals surface area contributed by atoms with Gasteiger partial charge in [0, 0.05) is 26.9 Å². The van der Waals surface area contributed by atoms with Crippen LogP contribution in [0, 0.1) is 5.41 Å². The van der Waals surface area contributed by atoms with E-state index in [4.69, 9.17) is 68.6 Å². The second kappa shape index (κ2) is 15.9. The second-order valence-corrected chi connectivity index (χ2v) is 9.79. The molecule has 0 bridgehead atoms. The van der Waals surface area contributed by atoms with Gasteiger partial charge in [-0.1, -0.05) is 74.8 Å². The molecule has 10 heteroatoms. The van der Waals surface area contributed by atoms with Gasteiger partial charge in [-0.05, 0) is 19.3 Å². The van der Waals surface area contributed by atoms with E-state index in [9.17, 15) is 0 Å². The standard InChI is InChI=1S/C21H38Cl3NO6/c1-5-8-11-27-16-15(14-26-4)30-19(31-20(25)21(22,23)24)18(29-13-10-7-3)17(16)28-12-9-6-2/h15-19,25H,5-14H2,1-4H3. The van der Waals surface area contributed by atoms with E-state index in [0.29, 0.717) is 19.8 Å². The van der Waals surface area contributed by atoms with Crippen LogP contribution >= 0.6 is 34.8 Å². The molecule has 0 amide bonds. The SMILES string of the molecule is CCCCOC1C(COC)OC(OC(=N)C(Cl)(Cl)Cl)C(OCCCC)C1OCCCC. The van der Waals surface area contributed by atoms with Gasteiger partial charge < -0.3 is 28.4 Å². The molecule has 7 nitrogen and oxygen atoms in total. The zero-order chi connectivity index (χ0) is 23.3. The van der Waals surface area contributed by atoms with Gasteiger partial charge in [0.05, 0.1) is 6.61 Å². The van der Waals surface area contributed by atoms with Gasteiger partial charge in [-0.15, -0.1) is 0 Å². The Morgan fingerprint density at radius 2 is 1.32 bits per heavy atom. The second-order valence-electron chi connectivity index (χ2n) is 7.51. The molecule has 0 spiro atoms. The lowest BCUT2D eigenvalue weighted by molar-refractivity contribution is -0.307. The Morgan fingerprint density at radius 1 is 0.839 bits per heavy atom. The number of halogens is 3. The van der Waals surface area contributed by atoms with Crippen LogP contribution in [0.15, 0.2) is 0 Å². The third-order valence-corrected chi connectivity index (χ3v) is 5.35. The maximum atomic E-state index is 8.01. The number of rotatable bonds is 15. The molecule has 0 aromatic rings. The normalized spacial score (nSPS) is 26.7. The van der Waals surface area contributed by atoms with E-state index < -0.39 is 40.4 Å². The van der Waals surface area contributed by atoms with Gasteiger partial charge in [0.2, 0.25) is 12.2 Å². The van der Waals surface area contributed by atoms with Crippen LogP contribution in [0.1, 0.15) is 59.3 Å². The highest BCUT2D eigenvalue weighted by atomic mass is 35.6. The zero-order valence-corrected chi connectivity index (χ0v) is 21.3. The van der Waals surface area contributed by atoms with Crippen LogP contribution in [-0.4, -0.2) is 73.9 Å². The van der Waals surface area contributed by atoms with E-state index in [1.165, 1.54) is 0 Å². The summed E-state index contributed by atoms with van der Waals surface area (Å²) in [6, 6.07) is 0. The highest BCUT2D eigenvalue weighted by molar-refractivity contribution is 6.76. The van der Waals surface area contributed by atoms with Gasteiger partial charge in [-0.3, -0.25) is 5.41 Å². The highest BCUT2D eigenvalue weighted by Crippen LogP contribution is 2.33. The molecule has 0 saturated carbocycles. The van der Waals surface area contributed by atoms with E-state index in [-0.39, 0.29) is 6.61 Å². The summed E-state index contributed by atoms with van der Waals surface area (Å²) in [5, 5.41) is 8.01. The first kappa shape index (κ1) is 29.2. The van der Waals surface area contributed by atoms with Crippen molar-refractivity contribution in [2.24, 2.45) is 0 Å². The van der Waals surface area contributed by atoms with Crippen LogP contribution in [0.4, 0.5) is 0 Å². The predicted molar refractivity (Wildman–Crippen MR) is 124 cm³/mol. The summed E-state index contributed by atoms with van der Waals surface area (Å²) in [5.41, 5.74) is 0. The van der Waals surface area contributed by atoms with Crippen molar-refractivity contribution in [2.75, 3.05) is 33.5 Å². The summed E-state index contributed by atoms with van der Waals surface area (Å²) in [6.07, 6.45) is 2.57. The van der Waals surface area contributed by atoms with Crippen molar-refractivity contribution in [3.05, 3.63) is 0 Å². The Labute approximate surface area is 201 Å². The van der Waals surface area contributed by atoms with E-state index in [2.05, 4.69) is 20.8 Å². The Bertz CT molecular complexity index is 494. The average molecular weight is 507 g/mol. The maximum Gasteiger partial charge on any atom is 0.265 e. The molecular weight excluding hydrogens is 469 g/mol. The van der Waals surface area contributed by atoms with Crippen LogP contribution in [0.3, 0.4) is 0 Å². The average Bonchev–Trinajstić information content (AvgIpc) is 2.71. The van der Waals surface area contributed by atoms with Gasteiger partial charge in [-0.2, -0.15) is 0 Å². The first-order valence-corrected chi connectivity index (χ1v) is 12.2. The molecule has 0 aliphatic carbocycles. The fraction of sp³-hybridized carbons (Fsp3) is 0.952. The molecule has 1 rings (SSSR count). The summed E-state index contributed by atoms with van der Waals surface area (Å²) >= 11 is 17.5. The van der Waals surface area contributed by atoms with Gasteiger partial charge in [-0.25, -0.2) is 0 Å². The Kier molecular flexibility index (Phi) is 14.9. The number of nitrogens with one attached hydrogen (secondary N) is 1. The smallest absolute Gasteiger partial charge is 0.265 e. The lowest BCUT2D eigenvalue weighted by atomic mass is 9.98. The zero-order valence-electron chi connectivity index (χ0n) is 19.0. The minimum atomic E-state index is -2.01. The molecular formula is C21H38Cl3NO6. The van der Waals surface area contributed by atoms with Gasteiger partial charge >= 0.3 is 0 Å². The number of alkyl halides is 3. The third-order valence-electron chi connectivity index (χ3n) is 4.84. The van der Waals surface area contributed by atoms with Crippen molar-refractivity contribution >= 4 is 40.7 Å². The molecule has 0 radical (unpaired) electrons. The minimum Gasteiger partial charge on any atom is -0.445 e. The third kappa shape index (κ3) is 10.3. The van der Waals surface area contributed by atoms with Crippen LogP contribution in [0.25, 0.3) is 0 Å². The predicted octanol–water partition coefficient (Wildman–Crippen LogP) is 5.28. The number of hydrogen-bond acceptors (Lipinski definition) is 7. The summed E-state index contributed by atoms with van der Waals surface area (Å²) in [5.74, 6) is -0.541. The van der Waals surface area contributed by atoms with Gasteiger partial charge in [0.25, 0.3) is 3.79 Å². The van der Waals surface area contributed by atoms with Gasteiger partial charge in [0.1, 0.15) is 24.4 Å². The lowest BCUT2D eigenvalue weighted by Crippen LogP contribution is -2.62. The number of ether oxygens (including phenoxy) is 6. The Balaban J connectivity index is 3.16. The molecule has 5 unspecified atom stereocenters. The summed E-state index contributed by atoms with van der Waals surface area (Å²) in [6.45, 7) is 8.12. The lowest BCUT2D eigenvalue weighted by Gasteiger charge is -2.45. The van der Waals surface area contributed by atoms with E-state index in [0.717, 1.165) is 38.5 Å². The number of unbranched alkanes of at least 4 members (excludes halogenated alkanes) is 3. The molecule has 1 aliphatic rings. The number of hydrogen-bond donors (Lipinski definition) is 1. The topological polar surface area (TPSA) is 79.2 Å². The fourth-order valence-corrected chi connectivity index (χ4v) is 3.25. The Hall–Kier alpha value is 0.140. The molecule has 1 fully saturated rings. The fourth-order valence-electron chi connectivity index (χ4n) is 3.11. The molecule has 0 aromatic carbocycles. The molecule has 0 aromatic heterocycles. The van der Waals surface area contributed by atoms with Crippen molar-refractivity contribution < 1.29 is 28.4 Å². The largest absolute Gasteiger partial charge is 0.445 e. The molecule has 1 aliphatic heterocycles. The molecule has 1 heterocycles. The molecule has 1 N–H and O–H groups in total. The first-order chi connectivity index (χ1) is 14.8. The van der Waals surface area contributed by atoms with E-state index >= 15 is 0 Å². The molecule has 1 saturated heterocycles. The van der Waals surface area contributed by atoms with Crippen LogP contribution < -0.4 is 0 Å². The van der Waals surface area contributed by atoms with E-state index in [1.807, 2.05) is 0 Å². The van der Waals surface area contributed by atoms with Crippen LogP contribution in [-0.2, 0) is 28.4 Å². The van der Waals surface area contributed by atoms with Crippen molar-refractivity contribution in [3.8, 4) is 0 Å². The molecule has 31 heavy (non-hydrogen) atoms. The minimum absolute atomic E-state index is 0.257. The summed E-state index contributed by atoms with van der Waals surface area (Å²) in [7, 11) is 1.59. The quantitative estimate of drug-likeness (QED) is 0.141. The highest BCUT2D eigenvalue weighted by Gasteiger charge is 2.50. The Morgan fingerprint density at radius 3 is 1.77 bits per heavy atom. The van der Waals surface area contributed by atoms with Crippen LogP contribution in [0.5, 0.6) is 0 Å². The maximum absolute atomic E-state index is 8.01. The van der Waals surface area contributed by atoms with Crippen molar-refractivity contribution in [1.29, 1.82) is 5.41 Å². The van der Waals surface area contributed by atoms with Crippen LogP contribution in [0.2, 0.25) is 0 Å². The molecule has 184 valence electrons. The van der Waals surface area contributed by atoms with Crippen molar-refractivity contribution in [2.45, 2.75) is 93.8 Å². The van der Waals surface area contributed by atoms with Crippen molar-refractivity contribution in [3.63, 3.8) is 0 Å². The van der Waals surface area contributed by atoms with Crippen molar-refractivity contribution in [1.82, 2.24) is 0 Å². The summed E-state index contributed by atoms with van der Waals surface area (Å²) in [4.78, 5) is 0. The summed E-state index contributed by atoms with van der Waals surface area (Å²) < 4.78 is 33.7. The van der Waals surface area contributed by atoms with Gasteiger partial charge in [0.15, 0.2) is 0 Å². The van der Waals surface area contributed by atoms with E-state index in [1.54, 1.807) is 7.11 Å².